The molecular weight excluding hydrogens is 728 g/mol. The van der Waals surface area contributed by atoms with Crippen LogP contribution < -0.4 is 0 Å². The fourth-order valence-electron chi connectivity index (χ4n) is 14.0. The lowest BCUT2D eigenvalue weighted by Crippen LogP contribution is -2.63. The molecule has 6 fully saturated rings. The van der Waals surface area contributed by atoms with Gasteiger partial charge in [0, 0.05) is 61.2 Å². The van der Waals surface area contributed by atoms with Crippen molar-refractivity contribution in [3.8, 4) is 0 Å². The molecule has 16 atom stereocenters. The van der Waals surface area contributed by atoms with Crippen molar-refractivity contribution >= 4 is 23.8 Å². The first kappa shape index (κ1) is 46.1. The Hall–Kier alpha value is -2.02. The van der Waals surface area contributed by atoms with Gasteiger partial charge in [-0.1, -0.05) is 61.5 Å². The minimum absolute atomic E-state index is 0.0450. The standard InChI is InChI=1S/C25H40O6.C21H34O5/c1-7-30-20(28)10-11-23(4)14-19(27)24(5)16(2)8-12-25(13-9-18(26)21(24)25)17(3)22(23)31-15-29-6;1-13-6-8-21-9-7-15(23)17(21)20(13,4)16(24)10-19(3,11-22)18(14(21)2)26-12-25-5/h10-11,16-17,19,21-22,27H,7-9,12-15H2,1-6H3;11,13-14,16-18,24H,6-10,12H2,1-5H3/b11-10+;/t16-,17+,19-,21?,22+,23-,24+,25?;13-,14+,16-,17?,18+,19+,20+,21?/m11/s1. The van der Waals surface area contributed by atoms with Crippen molar-refractivity contribution in [1.82, 2.24) is 0 Å². The number of aldehydes is 1. The number of carbonyl (C=O) groups excluding carboxylic acids is 4. The van der Waals surface area contributed by atoms with Gasteiger partial charge in [0.1, 0.15) is 31.4 Å². The van der Waals surface area contributed by atoms with E-state index in [1.807, 2.05) is 19.9 Å². The zero-order chi connectivity index (χ0) is 42.4. The minimum atomic E-state index is -0.806. The van der Waals surface area contributed by atoms with Gasteiger partial charge in [-0.25, -0.2) is 4.79 Å². The second kappa shape index (κ2) is 17.2. The Kier molecular flexibility index (Phi) is 13.9. The molecule has 0 radical (unpaired) electrons. The van der Waals surface area contributed by atoms with Crippen LogP contribution in [0, 0.1) is 68.0 Å². The highest BCUT2D eigenvalue weighted by Gasteiger charge is 2.69. The predicted octanol–water partition coefficient (Wildman–Crippen LogP) is 6.89. The molecule has 6 aliphatic carbocycles. The minimum Gasteiger partial charge on any atom is -0.463 e. The van der Waals surface area contributed by atoms with Crippen LogP contribution in [-0.4, -0.2) is 92.9 Å². The van der Waals surface area contributed by atoms with E-state index in [9.17, 15) is 29.4 Å². The fourth-order valence-corrected chi connectivity index (χ4v) is 14.0. The molecule has 324 valence electrons. The summed E-state index contributed by atoms with van der Waals surface area (Å²) in [6.07, 6.45) is 9.60. The third-order valence-electron chi connectivity index (χ3n) is 17.5. The highest BCUT2D eigenvalue weighted by atomic mass is 16.7. The first-order chi connectivity index (χ1) is 26.7. The summed E-state index contributed by atoms with van der Waals surface area (Å²) in [4.78, 5) is 50.6. The maximum Gasteiger partial charge on any atom is 0.330 e. The van der Waals surface area contributed by atoms with Crippen LogP contribution in [0.3, 0.4) is 0 Å². The number of ketones is 2. The van der Waals surface area contributed by atoms with Crippen LogP contribution in [0.5, 0.6) is 0 Å². The molecule has 0 spiro atoms. The molecular formula is C46H74O11. The second-order valence-electron chi connectivity index (χ2n) is 20.1. The van der Waals surface area contributed by atoms with Crippen LogP contribution in [0.25, 0.3) is 0 Å². The maximum atomic E-state index is 13.2. The van der Waals surface area contributed by atoms with Gasteiger partial charge in [0.15, 0.2) is 0 Å². The molecule has 4 unspecified atom stereocenters. The first-order valence-corrected chi connectivity index (χ1v) is 21.7. The van der Waals surface area contributed by atoms with E-state index in [0.29, 0.717) is 32.3 Å². The summed E-state index contributed by atoms with van der Waals surface area (Å²) in [7, 11) is 3.16. The third kappa shape index (κ3) is 7.44. The summed E-state index contributed by atoms with van der Waals surface area (Å²) in [5.74, 6) is 0.446. The largest absolute Gasteiger partial charge is 0.463 e. The number of esters is 1. The van der Waals surface area contributed by atoms with Gasteiger partial charge in [-0.3, -0.25) is 9.59 Å². The summed E-state index contributed by atoms with van der Waals surface area (Å²) < 4.78 is 27.8. The number of carbonyl (C=O) groups is 4. The van der Waals surface area contributed by atoms with Crippen molar-refractivity contribution in [2.45, 2.75) is 151 Å². The van der Waals surface area contributed by atoms with Crippen LogP contribution in [0.4, 0.5) is 0 Å². The van der Waals surface area contributed by atoms with Crippen molar-refractivity contribution in [2.24, 2.45) is 68.0 Å². The second-order valence-corrected chi connectivity index (χ2v) is 20.1. The van der Waals surface area contributed by atoms with Gasteiger partial charge in [-0.2, -0.15) is 0 Å². The molecule has 6 aliphatic rings. The maximum absolute atomic E-state index is 13.2. The van der Waals surface area contributed by atoms with Gasteiger partial charge in [0.2, 0.25) is 0 Å². The van der Waals surface area contributed by atoms with Gasteiger partial charge in [-0.15, -0.1) is 0 Å². The Balaban J connectivity index is 0.000000221. The van der Waals surface area contributed by atoms with Crippen molar-refractivity contribution < 1.29 is 53.1 Å². The van der Waals surface area contributed by atoms with Crippen LogP contribution in [-0.2, 0) is 42.9 Å². The van der Waals surface area contributed by atoms with Crippen molar-refractivity contribution in [1.29, 1.82) is 0 Å². The van der Waals surface area contributed by atoms with Crippen molar-refractivity contribution in [3.63, 3.8) is 0 Å². The van der Waals surface area contributed by atoms with E-state index in [2.05, 4.69) is 41.5 Å². The number of ether oxygens (including phenoxy) is 5. The van der Waals surface area contributed by atoms with Gasteiger partial charge in [-0.05, 0) is 92.8 Å². The van der Waals surface area contributed by atoms with Crippen molar-refractivity contribution in [2.75, 3.05) is 34.4 Å². The topological polar surface area (TPSA) is 155 Å². The quantitative estimate of drug-likeness (QED) is 0.103. The van der Waals surface area contributed by atoms with Crippen LogP contribution in [0.15, 0.2) is 12.2 Å². The van der Waals surface area contributed by atoms with E-state index in [4.69, 9.17) is 23.7 Å². The number of aliphatic hydroxyl groups is 2. The molecule has 0 aromatic carbocycles. The number of methoxy groups -OCH3 is 2. The molecule has 6 rings (SSSR count). The molecule has 11 heteroatoms. The van der Waals surface area contributed by atoms with Crippen LogP contribution in [0.2, 0.25) is 0 Å². The number of hydrogen-bond acceptors (Lipinski definition) is 11. The Morgan fingerprint density at radius 1 is 0.719 bits per heavy atom. The molecule has 0 aliphatic heterocycles. The Bertz CT molecular complexity index is 1510. The molecule has 0 saturated heterocycles. The van der Waals surface area contributed by atoms with Crippen molar-refractivity contribution in [3.05, 3.63) is 12.2 Å². The lowest BCUT2D eigenvalue weighted by Gasteiger charge is -2.62. The molecule has 0 aromatic heterocycles. The Labute approximate surface area is 341 Å². The van der Waals surface area contributed by atoms with E-state index in [-0.39, 0.29) is 83.7 Å². The van der Waals surface area contributed by atoms with Gasteiger partial charge < -0.3 is 38.7 Å². The molecule has 6 saturated carbocycles. The molecule has 57 heavy (non-hydrogen) atoms. The monoisotopic (exact) mass is 803 g/mol. The zero-order valence-corrected chi connectivity index (χ0v) is 36.8. The highest BCUT2D eigenvalue weighted by Crippen LogP contribution is 2.69. The van der Waals surface area contributed by atoms with E-state index in [1.165, 1.54) is 6.08 Å². The molecule has 2 N–H and O–H groups in total. The van der Waals surface area contributed by atoms with Crippen LogP contribution in [0.1, 0.15) is 127 Å². The van der Waals surface area contributed by atoms with Gasteiger partial charge in [0.25, 0.3) is 0 Å². The van der Waals surface area contributed by atoms with E-state index >= 15 is 0 Å². The zero-order valence-electron chi connectivity index (χ0n) is 36.8. The molecule has 4 bridgehead atoms. The number of Topliss-reactive ketones (excluding diaryl/α,β-unsaturated/α-hetero) is 2. The highest BCUT2D eigenvalue weighted by molar-refractivity contribution is 5.86. The average molecular weight is 803 g/mol. The fraction of sp³-hybridized carbons (Fsp3) is 0.870. The average Bonchev–Trinajstić information content (AvgIpc) is 3.72. The SMILES string of the molecule is CCOC(=O)/C=C/[C@]1(C)C[C@@H](O)[C@@]2(C)C3C(=O)CCC3(CC[C@H]2C)[C@@H](C)[C@@H]1OCOC.COCO[C@H]1[C@H](C)C23CCC(=O)C2[C@@](C)([C@H](C)CC3)[C@H](O)C[C@@]1(C)C=O. The van der Waals surface area contributed by atoms with Crippen LogP contribution >= 0.6 is 0 Å². The predicted molar refractivity (Wildman–Crippen MR) is 214 cm³/mol. The summed E-state index contributed by atoms with van der Waals surface area (Å²) in [5.41, 5.74) is -2.83. The number of hydrogen-bond donors (Lipinski definition) is 2. The molecule has 0 heterocycles. The normalized spacial score (nSPS) is 48.1. The summed E-state index contributed by atoms with van der Waals surface area (Å²) in [5, 5.41) is 23.0. The van der Waals surface area contributed by atoms with Gasteiger partial charge in [0.05, 0.1) is 36.4 Å². The van der Waals surface area contributed by atoms with E-state index in [0.717, 1.165) is 44.8 Å². The third-order valence-corrected chi connectivity index (χ3v) is 17.5. The molecule has 11 nitrogen and oxygen atoms in total. The summed E-state index contributed by atoms with van der Waals surface area (Å²) >= 11 is 0. The first-order valence-electron chi connectivity index (χ1n) is 21.7. The lowest BCUT2D eigenvalue weighted by molar-refractivity contribution is -0.218. The molecule has 0 amide bonds. The van der Waals surface area contributed by atoms with Gasteiger partial charge >= 0.3 is 5.97 Å². The van der Waals surface area contributed by atoms with E-state index < -0.39 is 39.8 Å². The number of rotatable bonds is 10. The summed E-state index contributed by atoms with van der Waals surface area (Å²) in [6.45, 7) is 19.1. The van der Waals surface area contributed by atoms with E-state index in [1.54, 1.807) is 21.1 Å². The Morgan fingerprint density at radius 2 is 1.14 bits per heavy atom. The Morgan fingerprint density at radius 3 is 1.54 bits per heavy atom. The summed E-state index contributed by atoms with van der Waals surface area (Å²) in [6, 6.07) is 0. The molecule has 0 aromatic rings. The number of aliphatic hydroxyl groups excluding tert-OH is 2. The lowest BCUT2D eigenvalue weighted by atomic mass is 9.44. The smallest absolute Gasteiger partial charge is 0.330 e.